The zero-order valence-corrected chi connectivity index (χ0v) is 11.0. The first kappa shape index (κ1) is 15.0. The summed E-state index contributed by atoms with van der Waals surface area (Å²) < 4.78 is 10.3. The van der Waals surface area contributed by atoms with Gasteiger partial charge in [0.1, 0.15) is 11.8 Å². The Morgan fingerprint density at radius 1 is 1.37 bits per heavy atom. The van der Waals surface area contributed by atoms with Crippen molar-refractivity contribution < 1.29 is 14.3 Å². The summed E-state index contributed by atoms with van der Waals surface area (Å²) in [6.07, 6.45) is 1.15. The van der Waals surface area contributed by atoms with Gasteiger partial charge in [-0.05, 0) is 37.6 Å². The van der Waals surface area contributed by atoms with Crippen molar-refractivity contribution in [2.24, 2.45) is 0 Å². The van der Waals surface area contributed by atoms with E-state index in [1.54, 1.807) is 24.3 Å². The standard InChI is InChI=1S/C14H18N2O3/c1-2-18-10-3-4-14(17)16-12-5-7-13(8-6-12)19-11-9-15/h5-8H,2-4,10-11H2,1H3,(H,16,17). The van der Waals surface area contributed by atoms with Crippen LogP contribution in [-0.2, 0) is 9.53 Å². The van der Waals surface area contributed by atoms with Crippen LogP contribution >= 0.6 is 0 Å². The molecule has 0 fully saturated rings. The predicted octanol–water partition coefficient (Wildman–Crippen LogP) is 2.34. The van der Waals surface area contributed by atoms with Gasteiger partial charge in [-0.3, -0.25) is 4.79 Å². The molecule has 1 N–H and O–H groups in total. The van der Waals surface area contributed by atoms with E-state index in [0.717, 1.165) is 0 Å². The second-order valence-corrected chi connectivity index (χ2v) is 3.82. The van der Waals surface area contributed by atoms with E-state index in [-0.39, 0.29) is 12.5 Å². The molecule has 0 bridgehead atoms. The number of amides is 1. The van der Waals surface area contributed by atoms with Crippen LogP contribution in [0.1, 0.15) is 19.8 Å². The summed E-state index contributed by atoms with van der Waals surface area (Å²) in [5.41, 5.74) is 0.714. The van der Waals surface area contributed by atoms with Gasteiger partial charge in [-0.15, -0.1) is 0 Å². The van der Waals surface area contributed by atoms with Crippen molar-refractivity contribution in [2.75, 3.05) is 25.1 Å². The first-order valence-corrected chi connectivity index (χ1v) is 6.23. The molecule has 1 aromatic rings. The largest absolute Gasteiger partial charge is 0.479 e. The average Bonchev–Trinajstić information content (AvgIpc) is 2.43. The van der Waals surface area contributed by atoms with Gasteiger partial charge in [0.15, 0.2) is 6.61 Å². The molecule has 0 aromatic heterocycles. The van der Waals surface area contributed by atoms with Crippen molar-refractivity contribution in [2.45, 2.75) is 19.8 Å². The smallest absolute Gasteiger partial charge is 0.224 e. The Labute approximate surface area is 113 Å². The SMILES string of the molecule is CCOCCCC(=O)Nc1ccc(OCC#N)cc1. The molecule has 0 aliphatic heterocycles. The number of nitriles is 1. The molecule has 1 aromatic carbocycles. The van der Waals surface area contributed by atoms with Crippen LogP contribution < -0.4 is 10.1 Å². The summed E-state index contributed by atoms with van der Waals surface area (Å²) in [7, 11) is 0. The quantitative estimate of drug-likeness (QED) is 0.730. The van der Waals surface area contributed by atoms with Crippen LogP contribution in [-0.4, -0.2) is 25.7 Å². The fourth-order valence-corrected chi connectivity index (χ4v) is 1.45. The second-order valence-electron chi connectivity index (χ2n) is 3.82. The lowest BCUT2D eigenvalue weighted by Gasteiger charge is -2.06. The van der Waals surface area contributed by atoms with Gasteiger partial charge in [-0.1, -0.05) is 0 Å². The van der Waals surface area contributed by atoms with Gasteiger partial charge in [-0.25, -0.2) is 0 Å². The van der Waals surface area contributed by atoms with Gasteiger partial charge in [0.05, 0.1) is 0 Å². The van der Waals surface area contributed by atoms with Crippen molar-refractivity contribution in [3.8, 4) is 11.8 Å². The topological polar surface area (TPSA) is 71.3 Å². The lowest BCUT2D eigenvalue weighted by atomic mass is 10.2. The van der Waals surface area contributed by atoms with Crippen LogP contribution in [0.3, 0.4) is 0 Å². The van der Waals surface area contributed by atoms with Gasteiger partial charge in [0.2, 0.25) is 5.91 Å². The summed E-state index contributed by atoms with van der Waals surface area (Å²) in [5.74, 6) is 0.571. The number of benzene rings is 1. The van der Waals surface area contributed by atoms with Crippen LogP contribution in [0.5, 0.6) is 5.75 Å². The second kappa shape index (κ2) is 8.95. The van der Waals surface area contributed by atoms with Crippen LogP contribution in [0.2, 0.25) is 0 Å². The molecule has 0 unspecified atom stereocenters. The molecule has 5 heteroatoms. The highest BCUT2D eigenvalue weighted by atomic mass is 16.5. The summed E-state index contributed by atoms with van der Waals surface area (Å²) >= 11 is 0. The highest BCUT2D eigenvalue weighted by Gasteiger charge is 2.02. The minimum atomic E-state index is -0.0367. The number of anilines is 1. The lowest BCUT2D eigenvalue weighted by molar-refractivity contribution is -0.116. The maximum Gasteiger partial charge on any atom is 0.224 e. The normalized spacial score (nSPS) is 9.68. The number of ether oxygens (including phenoxy) is 2. The van der Waals surface area contributed by atoms with Crippen molar-refractivity contribution in [1.82, 2.24) is 0 Å². The van der Waals surface area contributed by atoms with Crippen molar-refractivity contribution in [1.29, 1.82) is 5.26 Å². The maximum atomic E-state index is 11.6. The number of rotatable bonds is 8. The Bertz CT molecular complexity index is 423. The molecule has 19 heavy (non-hydrogen) atoms. The lowest BCUT2D eigenvalue weighted by Crippen LogP contribution is -2.12. The number of carbonyl (C=O) groups excluding carboxylic acids is 1. The van der Waals surface area contributed by atoms with E-state index in [1.165, 1.54) is 0 Å². The van der Waals surface area contributed by atoms with Gasteiger partial charge in [-0.2, -0.15) is 5.26 Å². The molecular weight excluding hydrogens is 244 g/mol. The van der Waals surface area contributed by atoms with Crippen molar-refractivity contribution >= 4 is 11.6 Å². The van der Waals surface area contributed by atoms with Crippen LogP contribution in [0.15, 0.2) is 24.3 Å². The Morgan fingerprint density at radius 2 is 2.11 bits per heavy atom. The Balaban J connectivity index is 2.32. The fraction of sp³-hybridized carbons (Fsp3) is 0.429. The first-order chi connectivity index (χ1) is 9.26. The van der Waals surface area contributed by atoms with E-state index in [0.29, 0.717) is 37.5 Å². The molecule has 0 spiro atoms. The molecule has 5 nitrogen and oxygen atoms in total. The predicted molar refractivity (Wildman–Crippen MR) is 71.9 cm³/mol. The zero-order valence-electron chi connectivity index (χ0n) is 11.0. The number of hydrogen-bond acceptors (Lipinski definition) is 4. The number of carbonyl (C=O) groups is 1. The van der Waals surface area contributed by atoms with Crippen LogP contribution in [0, 0.1) is 11.3 Å². The molecule has 0 saturated heterocycles. The van der Waals surface area contributed by atoms with E-state index >= 15 is 0 Å². The van der Waals surface area contributed by atoms with Gasteiger partial charge >= 0.3 is 0 Å². The van der Waals surface area contributed by atoms with Crippen molar-refractivity contribution in [3.05, 3.63) is 24.3 Å². The number of nitrogens with one attached hydrogen (secondary N) is 1. The monoisotopic (exact) mass is 262 g/mol. The molecule has 102 valence electrons. The molecule has 0 atom stereocenters. The fourth-order valence-electron chi connectivity index (χ4n) is 1.45. The summed E-state index contributed by atoms with van der Waals surface area (Å²) in [6, 6.07) is 8.81. The summed E-state index contributed by atoms with van der Waals surface area (Å²) in [4.78, 5) is 11.6. The maximum absolute atomic E-state index is 11.6. The number of hydrogen-bond donors (Lipinski definition) is 1. The molecule has 0 aliphatic carbocycles. The van der Waals surface area contributed by atoms with Gasteiger partial charge in [0, 0.05) is 25.3 Å². The van der Waals surface area contributed by atoms with E-state index in [1.807, 2.05) is 13.0 Å². The molecule has 1 rings (SSSR count). The molecule has 0 aliphatic rings. The minimum absolute atomic E-state index is 0.0170. The Hall–Kier alpha value is -2.06. The number of nitrogens with zero attached hydrogens (tertiary/aromatic N) is 1. The molecule has 1 amide bonds. The van der Waals surface area contributed by atoms with Gasteiger partial charge < -0.3 is 14.8 Å². The highest BCUT2D eigenvalue weighted by molar-refractivity contribution is 5.90. The van der Waals surface area contributed by atoms with E-state index in [2.05, 4.69) is 5.32 Å². The molecule has 0 saturated carbocycles. The molecule has 0 radical (unpaired) electrons. The van der Waals surface area contributed by atoms with Crippen LogP contribution in [0.4, 0.5) is 5.69 Å². The average molecular weight is 262 g/mol. The third-order valence-corrected chi connectivity index (χ3v) is 2.34. The Morgan fingerprint density at radius 3 is 2.74 bits per heavy atom. The zero-order chi connectivity index (χ0) is 13.9. The van der Waals surface area contributed by atoms with Gasteiger partial charge in [0.25, 0.3) is 0 Å². The van der Waals surface area contributed by atoms with Crippen molar-refractivity contribution in [3.63, 3.8) is 0 Å². The first-order valence-electron chi connectivity index (χ1n) is 6.23. The Kier molecular flexibility index (Phi) is 7.06. The third-order valence-electron chi connectivity index (χ3n) is 2.34. The third kappa shape index (κ3) is 6.43. The molecule has 0 heterocycles. The summed E-state index contributed by atoms with van der Waals surface area (Å²) in [6.45, 7) is 3.22. The van der Waals surface area contributed by atoms with E-state index < -0.39 is 0 Å². The highest BCUT2D eigenvalue weighted by Crippen LogP contribution is 2.15. The molecular formula is C14H18N2O3. The van der Waals surface area contributed by atoms with Crippen LogP contribution in [0.25, 0.3) is 0 Å². The van der Waals surface area contributed by atoms with E-state index in [4.69, 9.17) is 14.7 Å². The minimum Gasteiger partial charge on any atom is -0.479 e. The summed E-state index contributed by atoms with van der Waals surface area (Å²) in [5, 5.41) is 11.2. The van der Waals surface area contributed by atoms with E-state index in [9.17, 15) is 4.79 Å².